The lowest BCUT2D eigenvalue weighted by Gasteiger charge is -2.03. The second kappa shape index (κ2) is 5.34. The summed E-state index contributed by atoms with van der Waals surface area (Å²) in [5, 5.41) is 11.0. The average molecular weight is 269 g/mol. The van der Waals surface area contributed by atoms with Gasteiger partial charge in [-0.1, -0.05) is 6.07 Å². The number of rotatable bonds is 5. The van der Waals surface area contributed by atoms with Gasteiger partial charge in [0.25, 0.3) is 0 Å². The first-order valence-electron chi connectivity index (χ1n) is 5.93. The zero-order valence-corrected chi connectivity index (χ0v) is 10.0. The molecule has 2 atom stereocenters. The van der Waals surface area contributed by atoms with E-state index in [-0.39, 0.29) is 30.7 Å². The Morgan fingerprint density at radius 2 is 2.05 bits per heavy atom. The lowest BCUT2D eigenvalue weighted by molar-refractivity contribution is -0.136. The van der Waals surface area contributed by atoms with Crippen molar-refractivity contribution in [3.8, 4) is 0 Å². The number of carboxylic acids is 1. The van der Waals surface area contributed by atoms with Crippen molar-refractivity contribution in [2.45, 2.75) is 18.8 Å². The highest BCUT2D eigenvalue weighted by molar-refractivity contribution is 5.83. The molecule has 0 heterocycles. The van der Waals surface area contributed by atoms with Gasteiger partial charge in [0.2, 0.25) is 5.91 Å². The monoisotopic (exact) mass is 269 g/mol. The molecule has 0 aromatic heterocycles. The quantitative estimate of drug-likeness (QED) is 0.854. The predicted molar refractivity (Wildman–Crippen MR) is 62.5 cm³/mol. The fraction of sp³-hybridized carbons (Fsp3) is 0.385. The molecule has 1 aliphatic carbocycles. The second-order valence-corrected chi connectivity index (χ2v) is 4.56. The van der Waals surface area contributed by atoms with E-state index in [2.05, 4.69) is 5.32 Å². The molecule has 0 bridgehead atoms. The van der Waals surface area contributed by atoms with E-state index in [1.54, 1.807) is 0 Å². The molecular weight excluding hydrogens is 256 g/mol. The molecule has 4 nitrogen and oxygen atoms in total. The van der Waals surface area contributed by atoms with Crippen LogP contribution in [-0.4, -0.2) is 23.5 Å². The molecule has 1 saturated carbocycles. The lowest BCUT2D eigenvalue weighted by Crippen LogP contribution is -2.27. The first-order chi connectivity index (χ1) is 8.99. The maximum absolute atomic E-state index is 13.0. The molecule has 102 valence electrons. The minimum absolute atomic E-state index is 0.0785. The molecule has 1 amide bonds. The van der Waals surface area contributed by atoms with Gasteiger partial charge in [-0.3, -0.25) is 9.59 Å². The molecule has 2 unspecified atom stereocenters. The first kappa shape index (κ1) is 13.5. The maximum atomic E-state index is 13.0. The van der Waals surface area contributed by atoms with Crippen molar-refractivity contribution in [3.63, 3.8) is 0 Å². The zero-order chi connectivity index (χ0) is 14.0. The van der Waals surface area contributed by atoms with Crippen LogP contribution in [0.3, 0.4) is 0 Å². The Labute approximate surface area is 108 Å². The van der Waals surface area contributed by atoms with Gasteiger partial charge in [-0.15, -0.1) is 0 Å². The van der Waals surface area contributed by atoms with Crippen LogP contribution in [0.4, 0.5) is 8.78 Å². The Hall–Kier alpha value is -1.98. The smallest absolute Gasteiger partial charge is 0.305 e. The van der Waals surface area contributed by atoms with Crippen molar-refractivity contribution in [3.05, 3.63) is 35.4 Å². The van der Waals surface area contributed by atoms with Gasteiger partial charge >= 0.3 is 5.97 Å². The van der Waals surface area contributed by atoms with Crippen LogP contribution < -0.4 is 5.32 Å². The standard InChI is InChI=1S/C13H13F2NO3/c14-10-2-1-7(5-11(10)15)8-6-9(8)13(19)16-4-3-12(17)18/h1-2,5,8-9H,3-4,6H2,(H,16,19)(H,17,18). The minimum atomic E-state index is -0.978. The maximum Gasteiger partial charge on any atom is 0.305 e. The lowest BCUT2D eigenvalue weighted by atomic mass is 10.1. The summed E-state index contributed by atoms with van der Waals surface area (Å²) in [6.45, 7) is 0.0785. The van der Waals surface area contributed by atoms with E-state index in [1.807, 2.05) is 0 Å². The molecule has 1 fully saturated rings. The molecule has 0 spiro atoms. The molecule has 0 radical (unpaired) electrons. The summed E-state index contributed by atoms with van der Waals surface area (Å²) in [6.07, 6.45) is 0.443. The average Bonchev–Trinajstić information content (AvgIpc) is 3.12. The number of nitrogens with one attached hydrogen (secondary N) is 1. The van der Waals surface area contributed by atoms with Crippen LogP contribution in [0.25, 0.3) is 0 Å². The third kappa shape index (κ3) is 3.27. The van der Waals surface area contributed by atoms with E-state index in [0.29, 0.717) is 12.0 Å². The number of halogens is 2. The van der Waals surface area contributed by atoms with Crippen LogP contribution in [0.2, 0.25) is 0 Å². The van der Waals surface area contributed by atoms with E-state index in [1.165, 1.54) is 6.07 Å². The molecule has 1 aliphatic rings. The molecule has 2 rings (SSSR count). The number of carbonyl (C=O) groups excluding carboxylic acids is 1. The van der Waals surface area contributed by atoms with Gasteiger partial charge in [-0.05, 0) is 30.0 Å². The van der Waals surface area contributed by atoms with E-state index >= 15 is 0 Å². The third-order valence-corrected chi connectivity index (χ3v) is 3.14. The van der Waals surface area contributed by atoms with E-state index in [4.69, 9.17) is 5.11 Å². The summed E-state index contributed by atoms with van der Waals surface area (Å²) in [7, 11) is 0. The van der Waals surface area contributed by atoms with Gasteiger partial charge in [-0.2, -0.15) is 0 Å². The Morgan fingerprint density at radius 1 is 1.32 bits per heavy atom. The van der Waals surface area contributed by atoms with Crippen molar-refractivity contribution >= 4 is 11.9 Å². The SMILES string of the molecule is O=C(O)CCNC(=O)C1CC1c1ccc(F)c(F)c1. The second-order valence-electron chi connectivity index (χ2n) is 4.56. The topological polar surface area (TPSA) is 66.4 Å². The van der Waals surface area contributed by atoms with Crippen LogP contribution in [0, 0.1) is 17.6 Å². The molecule has 0 aliphatic heterocycles. The third-order valence-electron chi connectivity index (χ3n) is 3.14. The summed E-state index contributed by atoms with van der Waals surface area (Å²) in [6, 6.07) is 3.61. The molecule has 1 aromatic carbocycles. The van der Waals surface area contributed by atoms with Crippen molar-refractivity contribution in [1.29, 1.82) is 0 Å². The highest BCUT2D eigenvalue weighted by Crippen LogP contribution is 2.47. The number of carboxylic acid groups (broad SMARTS) is 1. The Morgan fingerprint density at radius 3 is 2.68 bits per heavy atom. The molecule has 19 heavy (non-hydrogen) atoms. The molecule has 1 aromatic rings. The van der Waals surface area contributed by atoms with Crippen LogP contribution >= 0.6 is 0 Å². The Kier molecular flexibility index (Phi) is 3.78. The highest BCUT2D eigenvalue weighted by Gasteiger charge is 2.43. The van der Waals surface area contributed by atoms with E-state index in [0.717, 1.165) is 12.1 Å². The van der Waals surface area contributed by atoms with Crippen molar-refractivity contribution < 1.29 is 23.5 Å². The van der Waals surface area contributed by atoms with E-state index < -0.39 is 17.6 Å². The number of benzene rings is 1. The van der Waals surface area contributed by atoms with Gasteiger partial charge in [0, 0.05) is 12.5 Å². The summed E-state index contributed by atoms with van der Waals surface area (Å²) in [5.41, 5.74) is 0.595. The van der Waals surface area contributed by atoms with Gasteiger partial charge in [-0.25, -0.2) is 8.78 Å². The Bertz CT molecular complexity index is 519. The summed E-state index contributed by atoms with van der Waals surface area (Å²) < 4.78 is 25.8. The van der Waals surface area contributed by atoms with Crippen molar-refractivity contribution in [1.82, 2.24) is 5.32 Å². The summed E-state index contributed by atoms with van der Waals surface area (Å²) in [4.78, 5) is 21.9. The van der Waals surface area contributed by atoms with E-state index in [9.17, 15) is 18.4 Å². The summed E-state index contributed by atoms with van der Waals surface area (Å²) >= 11 is 0. The largest absolute Gasteiger partial charge is 0.481 e. The van der Waals surface area contributed by atoms with Crippen LogP contribution in [0.15, 0.2) is 18.2 Å². The van der Waals surface area contributed by atoms with Crippen LogP contribution in [-0.2, 0) is 9.59 Å². The highest BCUT2D eigenvalue weighted by atomic mass is 19.2. The predicted octanol–water partition coefficient (Wildman–Crippen LogP) is 1.66. The Balaban J connectivity index is 1.87. The van der Waals surface area contributed by atoms with Gasteiger partial charge in [0.15, 0.2) is 11.6 Å². The first-order valence-corrected chi connectivity index (χ1v) is 5.93. The fourth-order valence-electron chi connectivity index (χ4n) is 2.02. The number of hydrogen-bond donors (Lipinski definition) is 2. The van der Waals surface area contributed by atoms with Crippen molar-refractivity contribution in [2.24, 2.45) is 5.92 Å². The molecular formula is C13H13F2NO3. The fourth-order valence-corrected chi connectivity index (χ4v) is 2.02. The number of hydrogen-bond acceptors (Lipinski definition) is 2. The number of amides is 1. The molecule has 0 saturated heterocycles. The van der Waals surface area contributed by atoms with Crippen molar-refractivity contribution in [2.75, 3.05) is 6.54 Å². The van der Waals surface area contributed by atoms with Gasteiger partial charge in [0.05, 0.1) is 6.42 Å². The van der Waals surface area contributed by atoms with Gasteiger partial charge < -0.3 is 10.4 Å². The van der Waals surface area contributed by atoms with Gasteiger partial charge in [0.1, 0.15) is 0 Å². The number of aliphatic carboxylic acids is 1. The minimum Gasteiger partial charge on any atom is -0.481 e. The van der Waals surface area contributed by atoms with Crippen LogP contribution in [0.1, 0.15) is 24.3 Å². The summed E-state index contributed by atoms with van der Waals surface area (Å²) in [5.74, 6) is -3.44. The molecule has 2 N–H and O–H groups in total. The van der Waals surface area contributed by atoms with Crippen LogP contribution in [0.5, 0.6) is 0 Å². The molecule has 6 heteroatoms. The normalized spacial score (nSPS) is 20.9. The zero-order valence-electron chi connectivity index (χ0n) is 10.0. The number of carbonyl (C=O) groups is 2.